The number of nitrogens with zero attached hydrogens (tertiary/aromatic N) is 3. The summed E-state index contributed by atoms with van der Waals surface area (Å²) in [4.78, 5) is 46.0. The van der Waals surface area contributed by atoms with Crippen LogP contribution < -0.4 is 0 Å². The van der Waals surface area contributed by atoms with Crippen molar-refractivity contribution in [2.45, 2.75) is 38.3 Å². The summed E-state index contributed by atoms with van der Waals surface area (Å²) in [6, 6.07) is 29.8. The predicted octanol–water partition coefficient (Wildman–Crippen LogP) is 5.81. The Kier molecular flexibility index (Phi) is 8.19. The van der Waals surface area contributed by atoms with Crippen molar-refractivity contribution in [2.24, 2.45) is 11.3 Å². The molecule has 1 spiro atoms. The third-order valence-electron chi connectivity index (χ3n) is 9.53. The number of hydrogen-bond acceptors (Lipinski definition) is 4. The number of carbonyl (C=O) groups excluding carboxylic acids is 2. The van der Waals surface area contributed by atoms with Crippen molar-refractivity contribution in [3.05, 3.63) is 144 Å². The maximum atomic E-state index is 14.7. The fourth-order valence-corrected chi connectivity index (χ4v) is 7.41. The van der Waals surface area contributed by atoms with Gasteiger partial charge in [0.15, 0.2) is 0 Å². The van der Waals surface area contributed by atoms with Crippen molar-refractivity contribution in [1.29, 1.82) is 0 Å². The highest BCUT2D eigenvalue weighted by Crippen LogP contribution is 2.47. The zero-order valence-corrected chi connectivity index (χ0v) is 25.8. The minimum Gasteiger partial charge on any atom is -0.480 e. The third kappa shape index (κ3) is 5.16. The number of allylic oxidation sites excluding steroid dienone is 4. The summed E-state index contributed by atoms with van der Waals surface area (Å²) in [7, 11) is 0. The van der Waals surface area contributed by atoms with Crippen LogP contribution in [0.4, 0.5) is 0 Å². The summed E-state index contributed by atoms with van der Waals surface area (Å²) in [5.74, 6) is -1.53. The number of hydrogen-bond donors (Lipinski definition) is 1. The summed E-state index contributed by atoms with van der Waals surface area (Å²) in [6.45, 7) is 4.72. The van der Waals surface area contributed by atoms with Crippen LogP contribution in [0.1, 0.15) is 43.4 Å². The molecule has 3 aliphatic rings. The van der Waals surface area contributed by atoms with Crippen molar-refractivity contribution in [3.63, 3.8) is 0 Å². The van der Waals surface area contributed by atoms with E-state index in [1.807, 2.05) is 98.9 Å². The van der Waals surface area contributed by atoms with E-state index in [1.165, 1.54) is 4.90 Å². The van der Waals surface area contributed by atoms with Crippen molar-refractivity contribution >= 4 is 17.8 Å². The van der Waals surface area contributed by atoms with Gasteiger partial charge in [0.1, 0.15) is 17.3 Å². The normalized spacial score (nSPS) is 20.6. The molecule has 1 N–H and O–H groups in total. The van der Waals surface area contributed by atoms with E-state index in [-0.39, 0.29) is 24.3 Å². The maximum absolute atomic E-state index is 14.7. The van der Waals surface area contributed by atoms with Gasteiger partial charge in [0, 0.05) is 25.8 Å². The van der Waals surface area contributed by atoms with Gasteiger partial charge in [-0.15, -0.1) is 0 Å². The molecule has 0 radical (unpaired) electrons. The summed E-state index contributed by atoms with van der Waals surface area (Å²) in [5, 5.41) is 9.89. The molecule has 45 heavy (non-hydrogen) atoms. The monoisotopic (exact) mass is 601 g/mol. The topological polar surface area (TPSA) is 81.2 Å². The molecule has 3 heterocycles. The molecule has 3 aliphatic heterocycles. The first kappa shape index (κ1) is 30.1. The van der Waals surface area contributed by atoms with Crippen molar-refractivity contribution in [3.8, 4) is 0 Å². The molecular weight excluding hydrogens is 562 g/mol. The zero-order chi connectivity index (χ0) is 31.6. The number of carboxylic acid groups (broad SMARTS) is 1. The van der Waals surface area contributed by atoms with E-state index in [9.17, 15) is 19.5 Å². The Morgan fingerprint density at radius 3 is 1.82 bits per heavy atom. The average molecular weight is 602 g/mol. The number of carboxylic acids is 1. The third-order valence-corrected chi connectivity index (χ3v) is 9.53. The Bertz CT molecular complexity index is 1550. The molecule has 0 aromatic heterocycles. The second-order valence-corrected chi connectivity index (χ2v) is 12.5. The highest BCUT2D eigenvalue weighted by atomic mass is 16.4. The lowest BCUT2D eigenvalue weighted by molar-refractivity contribution is -0.152. The van der Waals surface area contributed by atoms with Gasteiger partial charge in [0.05, 0.1) is 5.41 Å². The van der Waals surface area contributed by atoms with Crippen LogP contribution in [-0.2, 0) is 19.9 Å². The molecule has 6 rings (SSSR count). The fourth-order valence-electron chi connectivity index (χ4n) is 7.41. The Morgan fingerprint density at radius 1 is 0.778 bits per heavy atom. The summed E-state index contributed by atoms with van der Waals surface area (Å²) in [6.07, 6.45) is 10.6. The van der Waals surface area contributed by atoms with E-state index in [0.29, 0.717) is 31.6 Å². The van der Waals surface area contributed by atoms with Crippen molar-refractivity contribution in [2.75, 3.05) is 19.6 Å². The molecule has 2 amide bonds. The first-order valence-corrected chi connectivity index (χ1v) is 15.6. The Labute approximate surface area is 264 Å². The number of likely N-dealkylation sites (tertiary alicyclic amines) is 2. The van der Waals surface area contributed by atoms with Crippen LogP contribution in [0.2, 0.25) is 0 Å². The molecule has 7 heteroatoms. The maximum Gasteiger partial charge on any atom is 0.326 e. The molecule has 3 aromatic carbocycles. The lowest BCUT2D eigenvalue weighted by Crippen LogP contribution is -2.49. The van der Waals surface area contributed by atoms with Crippen LogP contribution in [0.25, 0.3) is 0 Å². The number of amides is 2. The molecule has 2 fully saturated rings. The minimum atomic E-state index is -0.988. The Balaban J connectivity index is 1.41. The standard InChI is InChI=1S/C38H39N3O4/c1-28(2)33(35(43)44)40-26-23-37(36(40)45)22-25-39(27-37)34(42)32-21-13-6-14-24-41(32)38(29-15-7-3-8-16-29,30-17-9-4-10-18-30)31-19-11-5-12-20-31/h3-21,24,28,33H,22-23,25-27H2,1-2H3,(H,43,44)/t33-,37?/m0/s1. The molecular formula is C38H39N3O4. The van der Waals surface area contributed by atoms with Gasteiger partial charge in [0.2, 0.25) is 5.91 Å². The molecule has 7 nitrogen and oxygen atoms in total. The van der Waals surface area contributed by atoms with E-state index in [4.69, 9.17) is 0 Å². The fraction of sp³-hybridized carbons (Fsp3) is 0.289. The molecule has 0 aliphatic carbocycles. The average Bonchev–Trinajstić information content (AvgIpc) is 3.52. The van der Waals surface area contributed by atoms with Crippen LogP contribution in [0.5, 0.6) is 0 Å². The summed E-state index contributed by atoms with van der Waals surface area (Å²) >= 11 is 0. The number of aliphatic carboxylic acids is 1. The van der Waals surface area contributed by atoms with Crippen molar-refractivity contribution in [1.82, 2.24) is 14.7 Å². The molecule has 2 saturated heterocycles. The van der Waals surface area contributed by atoms with Crippen LogP contribution >= 0.6 is 0 Å². The highest BCUT2D eigenvalue weighted by Gasteiger charge is 2.55. The van der Waals surface area contributed by atoms with Gasteiger partial charge in [-0.1, -0.05) is 117 Å². The summed E-state index contributed by atoms with van der Waals surface area (Å²) in [5.41, 5.74) is 1.83. The summed E-state index contributed by atoms with van der Waals surface area (Å²) < 4.78 is 0. The smallest absolute Gasteiger partial charge is 0.326 e. The minimum absolute atomic E-state index is 0.155. The Morgan fingerprint density at radius 2 is 1.31 bits per heavy atom. The van der Waals surface area contributed by atoms with E-state index >= 15 is 0 Å². The number of benzene rings is 3. The first-order valence-electron chi connectivity index (χ1n) is 15.6. The molecule has 3 aromatic rings. The van der Waals surface area contributed by atoms with E-state index < -0.39 is 23.0 Å². The molecule has 1 unspecified atom stereocenters. The predicted molar refractivity (Wildman–Crippen MR) is 174 cm³/mol. The van der Waals surface area contributed by atoms with E-state index in [0.717, 1.165) is 16.7 Å². The van der Waals surface area contributed by atoms with Gasteiger partial charge in [-0.2, -0.15) is 0 Å². The van der Waals surface area contributed by atoms with Crippen LogP contribution in [0, 0.1) is 11.3 Å². The van der Waals surface area contributed by atoms with E-state index in [2.05, 4.69) is 41.3 Å². The zero-order valence-electron chi connectivity index (χ0n) is 25.8. The molecule has 0 saturated carbocycles. The first-order chi connectivity index (χ1) is 21.8. The van der Waals surface area contributed by atoms with Crippen LogP contribution in [0.15, 0.2) is 127 Å². The van der Waals surface area contributed by atoms with Crippen molar-refractivity contribution < 1.29 is 19.5 Å². The van der Waals surface area contributed by atoms with Gasteiger partial charge in [-0.05, 0) is 47.6 Å². The number of carbonyl (C=O) groups is 3. The van der Waals surface area contributed by atoms with Gasteiger partial charge in [-0.3, -0.25) is 9.59 Å². The van der Waals surface area contributed by atoms with E-state index in [1.54, 1.807) is 4.90 Å². The van der Waals surface area contributed by atoms with Gasteiger partial charge in [-0.25, -0.2) is 4.79 Å². The number of rotatable bonds is 8. The Hall–Kier alpha value is -4.91. The SMILES string of the molecule is CC(C)[C@@H](C(=O)O)N1CCC2(CCN(C(=O)C3=CC=CC=CN3C(c3ccccc3)(c3ccccc3)c3ccccc3)C2)C1=O. The molecule has 230 valence electrons. The second kappa shape index (κ2) is 12.2. The quantitative estimate of drug-likeness (QED) is 0.330. The van der Waals surface area contributed by atoms with Gasteiger partial charge in [0.25, 0.3) is 5.91 Å². The largest absolute Gasteiger partial charge is 0.480 e. The molecule has 2 atom stereocenters. The van der Waals surface area contributed by atoms with Crippen LogP contribution in [-0.4, -0.2) is 63.3 Å². The second-order valence-electron chi connectivity index (χ2n) is 12.5. The van der Waals surface area contributed by atoms with Gasteiger partial charge < -0.3 is 19.8 Å². The highest BCUT2D eigenvalue weighted by molar-refractivity contribution is 5.96. The lowest BCUT2D eigenvalue weighted by atomic mass is 9.75. The van der Waals surface area contributed by atoms with Gasteiger partial charge >= 0.3 is 5.97 Å². The lowest BCUT2D eigenvalue weighted by Gasteiger charge is -2.46. The molecule has 0 bridgehead atoms. The van der Waals surface area contributed by atoms with Crippen LogP contribution in [0.3, 0.4) is 0 Å².